The monoisotopic (exact) mass is 297 g/mol. The van der Waals surface area contributed by atoms with Crippen molar-refractivity contribution < 1.29 is 4.79 Å². The number of carbonyl (C=O) groups excluding carboxylic acids is 1. The summed E-state index contributed by atoms with van der Waals surface area (Å²) in [5, 5.41) is 2.95. The van der Waals surface area contributed by atoms with Crippen LogP contribution in [0.4, 0.5) is 5.95 Å². The molecule has 1 aliphatic rings. The Morgan fingerprint density at radius 1 is 1.47 bits per heavy atom. The highest BCUT2D eigenvalue weighted by Crippen LogP contribution is 2.26. The lowest BCUT2D eigenvalue weighted by atomic mass is 10.2. The molecule has 100 valence electrons. The van der Waals surface area contributed by atoms with Crippen LogP contribution >= 0.6 is 23.4 Å². The Kier molecular flexibility index (Phi) is 3.56. The molecule has 1 saturated heterocycles. The molecule has 0 bridgehead atoms. The Balaban J connectivity index is 1.78. The number of hydrogen-bond donors (Lipinski definition) is 2. The van der Waals surface area contributed by atoms with Crippen molar-refractivity contribution in [1.29, 1.82) is 0 Å². The van der Waals surface area contributed by atoms with E-state index in [1.807, 2.05) is 0 Å². The molecule has 6 nitrogen and oxygen atoms in total. The number of aromatic amines is 1. The van der Waals surface area contributed by atoms with Gasteiger partial charge in [-0.2, -0.15) is 9.97 Å². The Bertz CT molecular complexity index is 610. The molecule has 0 aliphatic carbocycles. The Labute approximate surface area is 118 Å². The van der Waals surface area contributed by atoms with Gasteiger partial charge in [-0.15, -0.1) is 11.8 Å². The largest absolute Gasteiger partial charge is 0.341 e. The van der Waals surface area contributed by atoms with Crippen molar-refractivity contribution in [1.82, 2.24) is 19.9 Å². The highest BCUT2D eigenvalue weighted by molar-refractivity contribution is 8.00. The summed E-state index contributed by atoms with van der Waals surface area (Å²) in [6, 6.07) is 0. The van der Waals surface area contributed by atoms with Gasteiger partial charge in [0.25, 0.3) is 0 Å². The lowest BCUT2D eigenvalue weighted by Gasteiger charge is -2.19. The molecule has 0 radical (unpaired) electrons. The van der Waals surface area contributed by atoms with Gasteiger partial charge in [0.05, 0.1) is 11.6 Å². The number of aromatic nitrogens is 4. The van der Waals surface area contributed by atoms with Gasteiger partial charge in [-0.05, 0) is 18.6 Å². The van der Waals surface area contributed by atoms with Crippen molar-refractivity contribution in [3.8, 4) is 0 Å². The van der Waals surface area contributed by atoms with Gasteiger partial charge >= 0.3 is 0 Å². The summed E-state index contributed by atoms with van der Waals surface area (Å²) < 4.78 is 0. The highest BCUT2D eigenvalue weighted by Gasteiger charge is 2.22. The second-order valence-corrected chi connectivity index (χ2v) is 5.95. The molecule has 8 heteroatoms. The Morgan fingerprint density at radius 3 is 3.16 bits per heavy atom. The summed E-state index contributed by atoms with van der Waals surface area (Å²) in [7, 11) is 0. The second kappa shape index (κ2) is 5.34. The number of rotatable bonds is 2. The van der Waals surface area contributed by atoms with Crippen LogP contribution in [-0.4, -0.2) is 36.8 Å². The van der Waals surface area contributed by atoms with Gasteiger partial charge in [0.1, 0.15) is 5.52 Å². The average Bonchev–Trinajstić information content (AvgIpc) is 2.88. The molecule has 1 atom stereocenters. The third-order valence-electron chi connectivity index (χ3n) is 2.95. The van der Waals surface area contributed by atoms with E-state index in [0.29, 0.717) is 11.2 Å². The number of fused-ring (bicyclic) bond motifs is 1. The van der Waals surface area contributed by atoms with Gasteiger partial charge < -0.3 is 4.98 Å². The van der Waals surface area contributed by atoms with E-state index in [4.69, 9.17) is 11.6 Å². The van der Waals surface area contributed by atoms with Gasteiger partial charge in [0.15, 0.2) is 10.8 Å². The highest BCUT2D eigenvalue weighted by atomic mass is 35.5. The standard InChI is InChI=1S/C11H12ClN5OS/c12-8-7-9(14-5-13-7)16-11(15-8)17-10(18)6-3-1-2-4-19-6/h5-6H,1-4H2,(H2,13,14,15,16,17,18). The molecular formula is C11H12ClN5OS. The van der Waals surface area contributed by atoms with Crippen LogP contribution in [0.15, 0.2) is 6.33 Å². The first-order valence-corrected chi connectivity index (χ1v) is 7.46. The van der Waals surface area contributed by atoms with Crippen LogP contribution < -0.4 is 5.32 Å². The molecule has 1 amide bonds. The van der Waals surface area contributed by atoms with E-state index in [2.05, 4.69) is 25.3 Å². The van der Waals surface area contributed by atoms with Crippen molar-refractivity contribution in [3.05, 3.63) is 11.5 Å². The number of nitrogens with one attached hydrogen (secondary N) is 2. The van der Waals surface area contributed by atoms with Crippen LogP contribution in [0.2, 0.25) is 5.15 Å². The van der Waals surface area contributed by atoms with Gasteiger partial charge in [0, 0.05) is 0 Å². The third-order valence-corrected chi connectivity index (χ3v) is 4.60. The molecule has 2 aromatic rings. The summed E-state index contributed by atoms with van der Waals surface area (Å²) in [4.78, 5) is 27.1. The molecule has 0 aromatic carbocycles. The lowest BCUT2D eigenvalue weighted by Crippen LogP contribution is -2.28. The minimum absolute atomic E-state index is 0.0222. The van der Waals surface area contributed by atoms with Crippen molar-refractivity contribution in [2.45, 2.75) is 24.5 Å². The van der Waals surface area contributed by atoms with Crippen LogP contribution in [-0.2, 0) is 4.79 Å². The topological polar surface area (TPSA) is 83.6 Å². The first-order valence-electron chi connectivity index (χ1n) is 6.03. The van der Waals surface area contributed by atoms with Crippen molar-refractivity contribution in [3.63, 3.8) is 0 Å². The minimum atomic E-state index is -0.0596. The quantitative estimate of drug-likeness (QED) is 0.831. The Hall–Kier alpha value is -1.34. The van der Waals surface area contributed by atoms with Crippen LogP contribution in [0.3, 0.4) is 0 Å². The number of amides is 1. The van der Waals surface area contributed by atoms with E-state index in [1.165, 1.54) is 12.7 Å². The predicted molar refractivity (Wildman–Crippen MR) is 75.4 cm³/mol. The molecule has 2 N–H and O–H groups in total. The predicted octanol–water partition coefficient (Wildman–Crippen LogP) is 2.23. The fourth-order valence-corrected chi connectivity index (χ4v) is 3.41. The van der Waals surface area contributed by atoms with Crippen LogP contribution in [0, 0.1) is 0 Å². The molecule has 0 saturated carbocycles. The van der Waals surface area contributed by atoms with E-state index < -0.39 is 0 Å². The number of hydrogen-bond acceptors (Lipinski definition) is 5. The second-order valence-electron chi connectivity index (χ2n) is 4.28. The van der Waals surface area contributed by atoms with Gasteiger partial charge in [0.2, 0.25) is 11.9 Å². The van der Waals surface area contributed by atoms with E-state index in [-0.39, 0.29) is 22.3 Å². The summed E-state index contributed by atoms with van der Waals surface area (Å²) in [6.45, 7) is 0. The fraction of sp³-hybridized carbons (Fsp3) is 0.455. The number of nitrogens with zero attached hydrogens (tertiary/aromatic N) is 3. The van der Waals surface area contributed by atoms with E-state index in [1.54, 1.807) is 11.8 Å². The van der Waals surface area contributed by atoms with Crippen LogP contribution in [0.1, 0.15) is 19.3 Å². The number of carbonyl (C=O) groups is 1. The zero-order chi connectivity index (χ0) is 13.2. The number of anilines is 1. The SMILES string of the molecule is O=C(Nc1nc(Cl)c2[nH]cnc2n1)C1CCCCS1. The Morgan fingerprint density at radius 2 is 2.37 bits per heavy atom. The summed E-state index contributed by atoms with van der Waals surface area (Å²) >= 11 is 7.67. The number of thioether (sulfide) groups is 1. The zero-order valence-corrected chi connectivity index (χ0v) is 11.6. The molecule has 2 aromatic heterocycles. The van der Waals surface area contributed by atoms with E-state index >= 15 is 0 Å². The zero-order valence-electron chi connectivity index (χ0n) is 10.0. The van der Waals surface area contributed by atoms with Crippen molar-refractivity contribution >= 4 is 46.4 Å². The van der Waals surface area contributed by atoms with Crippen LogP contribution in [0.25, 0.3) is 11.2 Å². The lowest BCUT2D eigenvalue weighted by molar-refractivity contribution is -0.115. The van der Waals surface area contributed by atoms with E-state index in [9.17, 15) is 4.79 Å². The molecule has 1 fully saturated rings. The molecule has 0 spiro atoms. The first-order chi connectivity index (χ1) is 9.24. The summed E-state index contributed by atoms with van der Waals surface area (Å²) in [6.07, 6.45) is 4.66. The molecular weight excluding hydrogens is 286 g/mol. The average molecular weight is 298 g/mol. The smallest absolute Gasteiger partial charge is 0.239 e. The normalized spacial score (nSPS) is 19.5. The molecule has 3 heterocycles. The number of halogens is 1. The van der Waals surface area contributed by atoms with Crippen molar-refractivity contribution in [2.75, 3.05) is 11.1 Å². The molecule has 3 rings (SSSR count). The number of imidazole rings is 1. The molecule has 19 heavy (non-hydrogen) atoms. The maximum absolute atomic E-state index is 12.1. The van der Waals surface area contributed by atoms with Gasteiger partial charge in [-0.1, -0.05) is 18.0 Å². The third kappa shape index (κ3) is 2.66. The van der Waals surface area contributed by atoms with Gasteiger partial charge in [-0.25, -0.2) is 4.98 Å². The maximum atomic E-state index is 12.1. The van der Waals surface area contributed by atoms with Gasteiger partial charge in [-0.3, -0.25) is 10.1 Å². The maximum Gasteiger partial charge on any atom is 0.239 e. The summed E-state index contributed by atoms with van der Waals surface area (Å²) in [5.41, 5.74) is 1.03. The number of H-pyrrole nitrogens is 1. The van der Waals surface area contributed by atoms with Crippen LogP contribution in [0.5, 0.6) is 0 Å². The minimum Gasteiger partial charge on any atom is -0.341 e. The van der Waals surface area contributed by atoms with E-state index in [0.717, 1.165) is 18.6 Å². The van der Waals surface area contributed by atoms with Crippen molar-refractivity contribution in [2.24, 2.45) is 0 Å². The summed E-state index contributed by atoms with van der Waals surface area (Å²) in [5.74, 6) is 1.18. The first kappa shape index (κ1) is 12.7. The molecule has 1 aliphatic heterocycles. The molecule has 1 unspecified atom stereocenters. The fourth-order valence-electron chi connectivity index (χ4n) is 1.99.